The number of rotatable bonds is 5. The number of amides is 1. The summed E-state index contributed by atoms with van der Waals surface area (Å²) >= 11 is 0. The molecule has 0 bridgehead atoms. The van der Waals surface area contributed by atoms with Crippen LogP contribution in [0.5, 0.6) is 0 Å². The molecule has 24 heavy (non-hydrogen) atoms. The first-order chi connectivity index (χ1) is 11.8. The molecule has 0 radical (unpaired) electrons. The average molecular weight is 332 g/mol. The van der Waals surface area contributed by atoms with Gasteiger partial charge in [0.2, 0.25) is 5.82 Å². The number of nitrogens with zero attached hydrogens (tertiary/aromatic N) is 4. The summed E-state index contributed by atoms with van der Waals surface area (Å²) in [7, 11) is 0. The predicted molar refractivity (Wildman–Crippen MR) is 83.9 cm³/mol. The van der Waals surface area contributed by atoms with E-state index in [1.807, 2.05) is 12.1 Å². The molecule has 128 valence electrons. The number of ether oxygens (including phenoxy) is 2. The van der Waals surface area contributed by atoms with E-state index in [-0.39, 0.29) is 18.8 Å². The third-order valence-electron chi connectivity index (χ3n) is 3.82. The molecule has 8 nitrogen and oxygen atoms in total. The van der Waals surface area contributed by atoms with Crippen LogP contribution in [0.25, 0.3) is 11.4 Å². The van der Waals surface area contributed by atoms with Gasteiger partial charge in [0.1, 0.15) is 6.61 Å². The zero-order valence-corrected chi connectivity index (χ0v) is 13.6. The van der Waals surface area contributed by atoms with Crippen LogP contribution in [0.1, 0.15) is 25.7 Å². The summed E-state index contributed by atoms with van der Waals surface area (Å²) in [6, 6.07) is 3.64. The molecule has 1 aliphatic rings. The fourth-order valence-electron chi connectivity index (χ4n) is 2.54. The summed E-state index contributed by atoms with van der Waals surface area (Å²) < 4.78 is 16.0. The van der Waals surface area contributed by atoms with E-state index >= 15 is 0 Å². The molecule has 1 amide bonds. The van der Waals surface area contributed by atoms with Gasteiger partial charge in [-0.2, -0.15) is 4.98 Å². The van der Waals surface area contributed by atoms with Crippen LogP contribution in [0.2, 0.25) is 0 Å². The van der Waals surface area contributed by atoms with Gasteiger partial charge in [0, 0.05) is 31.0 Å². The third kappa shape index (κ3) is 4.08. The molecule has 1 saturated heterocycles. The monoisotopic (exact) mass is 332 g/mol. The second kappa shape index (κ2) is 7.87. The Morgan fingerprint density at radius 3 is 2.79 bits per heavy atom. The minimum atomic E-state index is -0.255. The van der Waals surface area contributed by atoms with E-state index in [2.05, 4.69) is 15.1 Å². The van der Waals surface area contributed by atoms with E-state index in [0.29, 0.717) is 31.4 Å². The van der Waals surface area contributed by atoms with Crippen LogP contribution < -0.4 is 0 Å². The summed E-state index contributed by atoms with van der Waals surface area (Å²) in [6.45, 7) is 3.73. The lowest BCUT2D eigenvalue weighted by Gasteiger charge is -2.30. The number of piperidine rings is 1. The van der Waals surface area contributed by atoms with Crippen molar-refractivity contribution in [2.75, 3.05) is 19.7 Å². The lowest BCUT2D eigenvalue weighted by molar-refractivity contribution is -0.0120. The minimum Gasteiger partial charge on any atom is -0.450 e. The maximum absolute atomic E-state index is 11.6. The van der Waals surface area contributed by atoms with Crippen molar-refractivity contribution in [3.8, 4) is 11.4 Å². The molecule has 2 aromatic rings. The van der Waals surface area contributed by atoms with Gasteiger partial charge in [0.25, 0.3) is 5.89 Å². The Bertz CT molecular complexity index is 653. The van der Waals surface area contributed by atoms with Crippen molar-refractivity contribution in [3.63, 3.8) is 0 Å². The van der Waals surface area contributed by atoms with Crippen LogP contribution in [0.3, 0.4) is 0 Å². The Kier molecular flexibility index (Phi) is 5.37. The van der Waals surface area contributed by atoms with E-state index in [1.54, 1.807) is 24.2 Å². The molecule has 3 rings (SSSR count). The fraction of sp³-hybridized carbons (Fsp3) is 0.500. The van der Waals surface area contributed by atoms with Crippen molar-refractivity contribution in [3.05, 3.63) is 30.4 Å². The number of carbonyl (C=O) groups excluding carboxylic acids is 1. The van der Waals surface area contributed by atoms with E-state index < -0.39 is 0 Å². The zero-order chi connectivity index (χ0) is 16.8. The van der Waals surface area contributed by atoms with Gasteiger partial charge in [-0.1, -0.05) is 5.16 Å². The predicted octanol–water partition coefficient (Wildman–Crippen LogP) is 2.27. The second-order valence-electron chi connectivity index (χ2n) is 5.44. The number of likely N-dealkylation sites (tertiary alicyclic amines) is 1. The minimum absolute atomic E-state index is 0.0759. The van der Waals surface area contributed by atoms with Gasteiger partial charge in [0.05, 0.1) is 12.7 Å². The molecule has 0 atom stereocenters. The SMILES string of the molecule is CCOC(=O)N1CCC(OCc2nc(-c3ccncc3)no2)CC1. The van der Waals surface area contributed by atoms with Gasteiger partial charge in [-0.15, -0.1) is 0 Å². The molecule has 0 unspecified atom stereocenters. The molecule has 0 spiro atoms. The Hall–Kier alpha value is -2.48. The highest BCUT2D eigenvalue weighted by Gasteiger charge is 2.24. The van der Waals surface area contributed by atoms with Gasteiger partial charge in [-0.05, 0) is 31.9 Å². The largest absolute Gasteiger partial charge is 0.450 e. The van der Waals surface area contributed by atoms with Crippen LogP contribution in [-0.2, 0) is 16.1 Å². The average Bonchev–Trinajstić information content (AvgIpc) is 3.10. The summed E-state index contributed by atoms with van der Waals surface area (Å²) in [5.74, 6) is 0.961. The van der Waals surface area contributed by atoms with Crippen molar-refractivity contribution >= 4 is 6.09 Å². The van der Waals surface area contributed by atoms with Crippen LogP contribution in [0.15, 0.2) is 29.0 Å². The summed E-state index contributed by atoms with van der Waals surface area (Å²) in [5, 5.41) is 3.94. The number of aromatic nitrogens is 3. The standard InChI is InChI=1S/C16H20N4O4/c1-2-22-16(21)20-9-5-13(6-10-20)23-11-14-18-15(19-24-14)12-3-7-17-8-4-12/h3-4,7-8,13H,2,5-6,9-11H2,1H3. The Morgan fingerprint density at radius 2 is 2.08 bits per heavy atom. The van der Waals surface area contributed by atoms with Crippen LogP contribution >= 0.6 is 0 Å². The van der Waals surface area contributed by atoms with E-state index in [1.165, 1.54) is 0 Å². The van der Waals surface area contributed by atoms with E-state index in [9.17, 15) is 4.79 Å². The molecule has 0 aromatic carbocycles. The maximum atomic E-state index is 11.6. The number of carbonyl (C=O) groups is 1. The van der Waals surface area contributed by atoms with Gasteiger partial charge in [-0.25, -0.2) is 4.79 Å². The van der Waals surface area contributed by atoms with Crippen LogP contribution in [0, 0.1) is 0 Å². The first kappa shape index (κ1) is 16.4. The second-order valence-corrected chi connectivity index (χ2v) is 5.44. The van der Waals surface area contributed by atoms with Crippen molar-refractivity contribution in [1.29, 1.82) is 0 Å². The van der Waals surface area contributed by atoms with Gasteiger partial charge < -0.3 is 18.9 Å². The topological polar surface area (TPSA) is 90.6 Å². The van der Waals surface area contributed by atoms with E-state index in [4.69, 9.17) is 14.0 Å². The van der Waals surface area contributed by atoms with Crippen molar-refractivity contribution in [2.45, 2.75) is 32.5 Å². The molecule has 0 N–H and O–H groups in total. The first-order valence-electron chi connectivity index (χ1n) is 8.02. The molecule has 1 aliphatic heterocycles. The lowest BCUT2D eigenvalue weighted by Crippen LogP contribution is -2.41. The van der Waals surface area contributed by atoms with Crippen molar-refractivity contribution in [2.24, 2.45) is 0 Å². The zero-order valence-electron chi connectivity index (χ0n) is 13.6. The van der Waals surface area contributed by atoms with Crippen molar-refractivity contribution in [1.82, 2.24) is 20.0 Å². The molecule has 1 fully saturated rings. The summed E-state index contributed by atoms with van der Waals surface area (Å²) in [5.41, 5.74) is 0.850. The van der Waals surface area contributed by atoms with E-state index in [0.717, 1.165) is 18.4 Å². The van der Waals surface area contributed by atoms with Gasteiger partial charge >= 0.3 is 6.09 Å². The fourth-order valence-corrected chi connectivity index (χ4v) is 2.54. The smallest absolute Gasteiger partial charge is 0.409 e. The van der Waals surface area contributed by atoms with Gasteiger partial charge in [0.15, 0.2) is 0 Å². The number of pyridine rings is 1. The normalized spacial score (nSPS) is 15.5. The number of hydrogen-bond acceptors (Lipinski definition) is 7. The lowest BCUT2D eigenvalue weighted by atomic mass is 10.1. The highest BCUT2D eigenvalue weighted by Crippen LogP contribution is 2.18. The summed E-state index contributed by atoms with van der Waals surface area (Å²) in [6.07, 6.45) is 4.72. The number of hydrogen-bond donors (Lipinski definition) is 0. The Balaban J connectivity index is 1.46. The van der Waals surface area contributed by atoms with Gasteiger partial charge in [-0.3, -0.25) is 4.98 Å². The quantitative estimate of drug-likeness (QED) is 0.829. The van der Waals surface area contributed by atoms with Crippen LogP contribution in [0.4, 0.5) is 4.79 Å². The maximum Gasteiger partial charge on any atom is 0.409 e. The molecular weight excluding hydrogens is 312 g/mol. The molecule has 8 heteroatoms. The Morgan fingerprint density at radius 1 is 1.33 bits per heavy atom. The van der Waals surface area contributed by atoms with Crippen LogP contribution in [-0.4, -0.2) is 51.9 Å². The molecule has 0 aliphatic carbocycles. The highest BCUT2D eigenvalue weighted by molar-refractivity contribution is 5.67. The molecule has 2 aromatic heterocycles. The molecule has 3 heterocycles. The Labute approximate surface area is 139 Å². The third-order valence-corrected chi connectivity index (χ3v) is 3.82. The molecule has 0 saturated carbocycles. The van der Waals surface area contributed by atoms with Crippen molar-refractivity contribution < 1.29 is 18.8 Å². The molecular formula is C16H20N4O4. The summed E-state index contributed by atoms with van der Waals surface area (Å²) in [4.78, 5) is 21.6. The highest BCUT2D eigenvalue weighted by atomic mass is 16.6. The first-order valence-corrected chi connectivity index (χ1v) is 8.02.